The monoisotopic (exact) mass is 341 g/mol. The molecular formula is C23H19NO2. The molecule has 0 amide bonds. The number of carbonyl (C=O) groups is 1. The zero-order valence-corrected chi connectivity index (χ0v) is 14.9. The number of esters is 1. The molecule has 0 N–H and O–H groups in total. The molecule has 0 bridgehead atoms. The summed E-state index contributed by atoms with van der Waals surface area (Å²) in [5, 5.41) is 1.24. The Morgan fingerprint density at radius 1 is 1.00 bits per heavy atom. The molecule has 0 fully saturated rings. The molecule has 0 aliphatic rings. The van der Waals surface area contributed by atoms with Crippen LogP contribution in [0.4, 0.5) is 0 Å². The average molecular weight is 341 g/mol. The first-order chi connectivity index (χ1) is 12.6. The first kappa shape index (κ1) is 17.4. The summed E-state index contributed by atoms with van der Waals surface area (Å²) in [6.07, 6.45) is 0. The van der Waals surface area contributed by atoms with Gasteiger partial charge in [0.25, 0.3) is 0 Å². The fourth-order valence-corrected chi connectivity index (χ4v) is 2.69. The number of nitrogens with zero attached hydrogens (tertiary/aromatic N) is 1. The van der Waals surface area contributed by atoms with E-state index in [0.717, 1.165) is 11.1 Å². The summed E-state index contributed by atoms with van der Waals surface area (Å²) in [5.41, 5.74) is 4.23. The lowest BCUT2D eigenvalue weighted by Gasteiger charge is -2.02. The van der Waals surface area contributed by atoms with Crippen molar-refractivity contribution >= 4 is 16.9 Å². The Hall–Kier alpha value is -3.43. The fourth-order valence-electron chi connectivity index (χ4n) is 2.69. The molecule has 0 aliphatic carbocycles. The molecule has 1 aromatic heterocycles. The molecule has 2 aromatic carbocycles. The second-order valence-corrected chi connectivity index (χ2v) is 5.89. The van der Waals surface area contributed by atoms with E-state index in [0.29, 0.717) is 6.54 Å². The molecule has 0 atom stereocenters. The molecule has 0 saturated carbocycles. The minimum atomic E-state index is -0.323. The number of ether oxygens (including phenoxy) is 1. The van der Waals surface area contributed by atoms with Crippen molar-refractivity contribution in [1.29, 1.82) is 0 Å². The van der Waals surface area contributed by atoms with Crippen LogP contribution in [0, 0.1) is 30.6 Å². The number of fused-ring (bicyclic) bond motifs is 1. The van der Waals surface area contributed by atoms with E-state index in [4.69, 9.17) is 4.74 Å². The SMILES string of the molecule is CC(=O)OCC#Cc1ccc(C#CCn2c(C)cc3ccccc32)cc1. The van der Waals surface area contributed by atoms with Crippen LogP contribution in [-0.2, 0) is 16.1 Å². The van der Waals surface area contributed by atoms with Gasteiger partial charge in [-0.25, -0.2) is 0 Å². The standard InChI is InChI=1S/C23H19NO2/c1-18-17-22-9-3-4-10-23(22)24(18)15-5-7-20-11-13-21(14-12-20)8-6-16-26-19(2)25/h3-4,9-14,17H,15-16H2,1-2H3. The third-order valence-corrected chi connectivity index (χ3v) is 3.95. The van der Waals surface area contributed by atoms with Gasteiger partial charge in [-0.3, -0.25) is 4.79 Å². The predicted octanol–water partition coefficient (Wildman–Crippen LogP) is 3.92. The highest BCUT2D eigenvalue weighted by Gasteiger charge is 2.02. The molecule has 0 saturated heterocycles. The molecule has 3 heteroatoms. The molecular weight excluding hydrogens is 322 g/mol. The van der Waals surface area contributed by atoms with Gasteiger partial charge in [0.2, 0.25) is 0 Å². The summed E-state index contributed by atoms with van der Waals surface area (Å²) in [7, 11) is 0. The maximum atomic E-state index is 10.7. The highest BCUT2D eigenvalue weighted by atomic mass is 16.5. The maximum absolute atomic E-state index is 10.7. The molecule has 128 valence electrons. The van der Waals surface area contributed by atoms with Gasteiger partial charge in [0.05, 0.1) is 6.54 Å². The minimum Gasteiger partial charge on any atom is -0.453 e. The molecule has 0 unspecified atom stereocenters. The number of hydrogen-bond donors (Lipinski definition) is 0. The van der Waals surface area contributed by atoms with E-state index < -0.39 is 0 Å². The first-order valence-electron chi connectivity index (χ1n) is 8.39. The second-order valence-electron chi connectivity index (χ2n) is 5.89. The summed E-state index contributed by atoms with van der Waals surface area (Å²) < 4.78 is 7.00. The van der Waals surface area contributed by atoms with Gasteiger partial charge in [-0.15, -0.1) is 0 Å². The second kappa shape index (κ2) is 8.10. The number of benzene rings is 2. The highest BCUT2D eigenvalue weighted by Crippen LogP contribution is 2.18. The van der Waals surface area contributed by atoms with Crippen molar-refractivity contribution < 1.29 is 9.53 Å². The Balaban J connectivity index is 1.66. The Kier molecular flexibility index (Phi) is 5.42. The van der Waals surface area contributed by atoms with Crippen LogP contribution in [0.1, 0.15) is 23.7 Å². The van der Waals surface area contributed by atoms with Crippen molar-refractivity contribution in [1.82, 2.24) is 4.57 Å². The van der Waals surface area contributed by atoms with Crippen molar-refractivity contribution in [2.24, 2.45) is 0 Å². The Bertz CT molecular complexity index is 1050. The average Bonchev–Trinajstić information content (AvgIpc) is 2.95. The van der Waals surface area contributed by atoms with Crippen LogP contribution in [0.15, 0.2) is 54.6 Å². The molecule has 3 rings (SSSR count). The molecule has 26 heavy (non-hydrogen) atoms. The van der Waals surface area contributed by atoms with Crippen molar-refractivity contribution in [3.05, 3.63) is 71.4 Å². The number of aromatic nitrogens is 1. The van der Waals surface area contributed by atoms with Gasteiger partial charge in [-0.05, 0) is 48.7 Å². The molecule has 3 aromatic rings. The topological polar surface area (TPSA) is 31.2 Å². The maximum Gasteiger partial charge on any atom is 0.303 e. The van der Waals surface area contributed by atoms with Gasteiger partial charge in [0, 0.05) is 29.3 Å². The Labute approximate surface area is 153 Å². The van der Waals surface area contributed by atoms with Crippen LogP contribution in [0.3, 0.4) is 0 Å². The van der Waals surface area contributed by atoms with Gasteiger partial charge < -0.3 is 9.30 Å². The van der Waals surface area contributed by atoms with Gasteiger partial charge in [-0.2, -0.15) is 0 Å². The van der Waals surface area contributed by atoms with Crippen LogP contribution in [-0.4, -0.2) is 17.1 Å². The minimum absolute atomic E-state index is 0.112. The van der Waals surface area contributed by atoms with Gasteiger partial charge >= 0.3 is 5.97 Å². The van der Waals surface area contributed by atoms with Crippen molar-refractivity contribution in [3.63, 3.8) is 0 Å². The third-order valence-electron chi connectivity index (χ3n) is 3.95. The van der Waals surface area contributed by atoms with Gasteiger partial charge in [-0.1, -0.05) is 41.9 Å². The summed E-state index contributed by atoms with van der Waals surface area (Å²) in [6, 6.07) is 18.2. The van der Waals surface area contributed by atoms with Crippen LogP contribution in [0.2, 0.25) is 0 Å². The number of rotatable bonds is 2. The van der Waals surface area contributed by atoms with Gasteiger partial charge in [0.1, 0.15) is 0 Å². The summed E-state index contributed by atoms with van der Waals surface area (Å²) in [6.45, 7) is 4.24. The van der Waals surface area contributed by atoms with E-state index in [1.807, 2.05) is 30.3 Å². The van der Waals surface area contributed by atoms with E-state index in [2.05, 4.69) is 59.4 Å². The lowest BCUT2D eigenvalue weighted by Crippen LogP contribution is -1.97. The van der Waals surface area contributed by atoms with Crippen LogP contribution in [0.25, 0.3) is 10.9 Å². The normalized spacial score (nSPS) is 9.77. The molecule has 1 heterocycles. The number of carbonyl (C=O) groups excluding carboxylic acids is 1. The number of para-hydroxylation sites is 1. The van der Waals surface area contributed by atoms with Crippen LogP contribution in [0.5, 0.6) is 0 Å². The van der Waals surface area contributed by atoms with E-state index in [1.54, 1.807) is 0 Å². The van der Waals surface area contributed by atoms with Crippen molar-refractivity contribution in [2.45, 2.75) is 20.4 Å². The van der Waals surface area contributed by atoms with Crippen LogP contribution >= 0.6 is 0 Å². The predicted molar refractivity (Wildman–Crippen MR) is 104 cm³/mol. The first-order valence-corrected chi connectivity index (χ1v) is 8.39. The smallest absolute Gasteiger partial charge is 0.303 e. The molecule has 0 radical (unpaired) electrons. The molecule has 0 aliphatic heterocycles. The largest absolute Gasteiger partial charge is 0.453 e. The quantitative estimate of drug-likeness (QED) is 0.523. The Morgan fingerprint density at radius 3 is 2.35 bits per heavy atom. The van der Waals surface area contributed by atoms with Crippen LogP contribution < -0.4 is 0 Å². The third kappa shape index (κ3) is 4.35. The van der Waals surface area contributed by atoms with E-state index >= 15 is 0 Å². The van der Waals surface area contributed by atoms with E-state index in [9.17, 15) is 4.79 Å². The lowest BCUT2D eigenvalue weighted by atomic mass is 10.1. The lowest BCUT2D eigenvalue weighted by molar-refractivity contribution is -0.139. The van der Waals surface area contributed by atoms with E-state index in [-0.39, 0.29) is 12.6 Å². The number of aryl methyl sites for hydroxylation is 1. The zero-order chi connectivity index (χ0) is 18.4. The number of hydrogen-bond acceptors (Lipinski definition) is 2. The summed E-state index contributed by atoms with van der Waals surface area (Å²) >= 11 is 0. The zero-order valence-electron chi connectivity index (χ0n) is 14.9. The van der Waals surface area contributed by atoms with E-state index in [1.165, 1.54) is 23.5 Å². The Morgan fingerprint density at radius 2 is 1.65 bits per heavy atom. The van der Waals surface area contributed by atoms with Crippen molar-refractivity contribution in [2.75, 3.05) is 6.61 Å². The van der Waals surface area contributed by atoms with Gasteiger partial charge in [0.15, 0.2) is 6.61 Å². The van der Waals surface area contributed by atoms with Crippen molar-refractivity contribution in [3.8, 4) is 23.7 Å². The molecule has 3 nitrogen and oxygen atoms in total. The molecule has 0 spiro atoms. The summed E-state index contributed by atoms with van der Waals surface area (Å²) in [4.78, 5) is 10.7. The fraction of sp³-hybridized carbons (Fsp3) is 0.174. The highest BCUT2D eigenvalue weighted by molar-refractivity contribution is 5.81. The summed E-state index contributed by atoms with van der Waals surface area (Å²) in [5.74, 6) is 11.9.